The van der Waals surface area contributed by atoms with Crippen molar-refractivity contribution in [3.63, 3.8) is 0 Å². The second kappa shape index (κ2) is 17.5. The molecule has 30 heavy (non-hydrogen) atoms. The fourth-order valence-corrected chi connectivity index (χ4v) is 5.28. The lowest BCUT2D eigenvalue weighted by Gasteiger charge is -2.36. The molecule has 0 heterocycles. The van der Waals surface area contributed by atoms with Gasteiger partial charge in [-0.3, -0.25) is 0 Å². The van der Waals surface area contributed by atoms with Crippen LogP contribution in [0.25, 0.3) is 0 Å². The molecule has 0 aromatic carbocycles. The van der Waals surface area contributed by atoms with E-state index in [9.17, 15) is 0 Å². The highest BCUT2D eigenvalue weighted by molar-refractivity contribution is 4.80. The molecule has 2 aliphatic carbocycles. The Labute approximate surface area is 193 Å². The summed E-state index contributed by atoms with van der Waals surface area (Å²) in [6.07, 6.45) is 17.8. The summed E-state index contributed by atoms with van der Waals surface area (Å²) in [5.41, 5.74) is 0. The van der Waals surface area contributed by atoms with E-state index in [1.54, 1.807) is 25.7 Å². The third-order valence-corrected chi connectivity index (χ3v) is 8.16. The molecule has 2 aliphatic rings. The Morgan fingerprint density at radius 1 is 0.467 bits per heavy atom. The van der Waals surface area contributed by atoms with Crippen molar-refractivity contribution in [1.82, 2.24) is 0 Å². The Balaban J connectivity index is 0.000000518. The van der Waals surface area contributed by atoms with Gasteiger partial charge in [0.1, 0.15) is 0 Å². The maximum absolute atomic E-state index is 2.43. The Hall–Kier alpha value is 0. The third kappa shape index (κ3) is 14.1. The quantitative estimate of drug-likeness (QED) is 0.365. The first-order chi connectivity index (χ1) is 14.2. The summed E-state index contributed by atoms with van der Waals surface area (Å²) < 4.78 is 0. The molecule has 2 atom stereocenters. The highest BCUT2D eigenvalue weighted by Gasteiger charge is 2.28. The van der Waals surface area contributed by atoms with Crippen molar-refractivity contribution in [1.29, 1.82) is 0 Å². The third-order valence-electron chi connectivity index (χ3n) is 8.16. The van der Waals surface area contributed by atoms with Crippen molar-refractivity contribution in [3.05, 3.63) is 0 Å². The molecule has 0 radical (unpaired) electrons. The number of hydrogen-bond acceptors (Lipinski definition) is 0. The first-order valence-corrected chi connectivity index (χ1v) is 14.2. The molecule has 2 unspecified atom stereocenters. The van der Waals surface area contributed by atoms with Crippen molar-refractivity contribution in [2.24, 2.45) is 47.3 Å². The van der Waals surface area contributed by atoms with Crippen molar-refractivity contribution < 1.29 is 0 Å². The number of hydrogen-bond donors (Lipinski definition) is 0. The van der Waals surface area contributed by atoms with E-state index in [4.69, 9.17) is 0 Å². The van der Waals surface area contributed by atoms with E-state index in [0.29, 0.717) is 0 Å². The van der Waals surface area contributed by atoms with E-state index >= 15 is 0 Å². The maximum Gasteiger partial charge on any atom is -0.0386 e. The Bertz CT molecular complexity index is 316. The van der Waals surface area contributed by atoms with Gasteiger partial charge in [-0.1, -0.05) is 121 Å². The van der Waals surface area contributed by atoms with Crippen LogP contribution in [0.15, 0.2) is 0 Å². The van der Waals surface area contributed by atoms with Gasteiger partial charge < -0.3 is 0 Å². The van der Waals surface area contributed by atoms with Crippen LogP contribution in [-0.2, 0) is 0 Å². The second-order valence-electron chi connectivity index (χ2n) is 11.9. The van der Waals surface area contributed by atoms with E-state index in [1.165, 1.54) is 51.4 Å². The van der Waals surface area contributed by atoms with E-state index in [2.05, 4.69) is 55.4 Å². The first-order valence-electron chi connectivity index (χ1n) is 14.2. The molecular formula is C30H62. The summed E-state index contributed by atoms with van der Waals surface area (Å²) in [5.74, 6) is 7.83. The molecule has 0 nitrogen and oxygen atoms in total. The molecule has 0 aromatic rings. The first kappa shape index (κ1) is 30.0. The Morgan fingerprint density at radius 2 is 0.733 bits per heavy atom. The van der Waals surface area contributed by atoms with Crippen molar-refractivity contribution in [2.45, 2.75) is 146 Å². The van der Waals surface area contributed by atoms with E-state index in [-0.39, 0.29) is 0 Å². The molecular weight excluding hydrogens is 360 g/mol. The van der Waals surface area contributed by atoms with E-state index in [0.717, 1.165) is 47.3 Å². The van der Waals surface area contributed by atoms with Crippen LogP contribution >= 0.6 is 0 Å². The monoisotopic (exact) mass is 422 g/mol. The van der Waals surface area contributed by atoms with Gasteiger partial charge in [-0.15, -0.1) is 0 Å². The molecule has 0 saturated heterocycles. The molecule has 0 bridgehead atoms. The topological polar surface area (TPSA) is 0 Å². The van der Waals surface area contributed by atoms with Crippen molar-refractivity contribution in [2.75, 3.05) is 0 Å². The molecule has 0 aromatic heterocycles. The van der Waals surface area contributed by atoms with Crippen LogP contribution in [-0.4, -0.2) is 0 Å². The largest absolute Gasteiger partial charge is 0.0683 e. The predicted molar refractivity (Wildman–Crippen MR) is 140 cm³/mol. The van der Waals surface area contributed by atoms with E-state index < -0.39 is 0 Å². The lowest BCUT2D eigenvalue weighted by molar-refractivity contribution is 0.155. The van der Waals surface area contributed by atoms with Gasteiger partial charge in [-0.25, -0.2) is 0 Å². The summed E-state index contributed by atoms with van der Waals surface area (Å²) >= 11 is 0. The van der Waals surface area contributed by atoms with Gasteiger partial charge in [0.25, 0.3) is 0 Å². The molecule has 0 heteroatoms. The van der Waals surface area contributed by atoms with Gasteiger partial charge in [0.15, 0.2) is 0 Å². The average Bonchev–Trinajstić information content (AvgIpc) is 2.73. The SMILES string of the molecule is CC.CC(C)CCC(C)C(C)CCC(C)C.CC1CCC(C2CCC(C)CC2)CC1. The maximum atomic E-state index is 2.43. The molecule has 0 aliphatic heterocycles. The van der Waals surface area contributed by atoms with Crippen LogP contribution in [0.1, 0.15) is 146 Å². The molecule has 0 amide bonds. The van der Waals surface area contributed by atoms with Crippen LogP contribution in [0.2, 0.25) is 0 Å². The zero-order valence-corrected chi connectivity index (χ0v) is 23.1. The molecule has 182 valence electrons. The Kier molecular flexibility index (Phi) is 17.5. The lowest BCUT2D eigenvalue weighted by Crippen LogP contribution is -2.24. The minimum Gasteiger partial charge on any atom is -0.0683 e. The lowest BCUT2D eigenvalue weighted by atomic mass is 9.70. The summed E-state index contributed by atoms with van der Waals surface area (Å²) in [7, 11) is 0. The fourth-order valence-electron chi connectivity index (χ4n) is 5.28. The predicted octanol–water partition coefficient (Wildman–Crippen LogP) is 10.8. The second-order valence-corrected chi connectivity index (χ2v) is 11.9. The molecule has 2 fully saturated rings. The van der Waals surface area contributed by atoms with Gasteiger partial charge in [0.05, 0.1) is 0 Å². The summed E-state index contributed by atoms with van der Waals surface area (Å²) in [6, 6.07) is 0. The summed E-state index contributed by atoms with van der Waals surface area (Å²) in [5, 5.41) is 0. The molecule has 0 spiro atoms. The number of rotatable bonds is 8. The zero-order chi connectivity index (χ0) is 23.1. The van der Waals surface area contributed by atoms with Crippen molar-refractivity contribution >= 4 is 0 Å². The van der Waals surface area contributed by atoms with Crippen LogP contribution in [0.5, 0.6) is 0 Å². The van der Waals surface area contributed by atoms with Gasteiger partial charge in [-0.2, -0.15) is 0 Å². The van der Waals surface area contributed by atoms with Crippen molar-refractivity contribution in [3.8, 4) is 0 Å². The molecule has 2 rings (SSSR count). The van der Waals surface area contributed by atoms with Crippen LogP contribution in [0, 0.1) is 47.3 Å². The van der Waals surface area contributed by atoms with Crippen LogP contribution in [0.4, 0.5) is 0 Å². The highest BCUT2D eigenvalue weighted by Crippen LogP contribution is 2.40. The summed E-state index contributed by atoms with van der Waals surface area (Å²) in [4.78, 5) is 0. The minimum atomic E-state index is 0.870. The van der Waals surface area contributed by atoms with Gasteiger partial charge in [0, 0.05) is 0 Å². The summed E-state index contributed by atoms with van der Waals surface area (Å²) in [6.45, 7) is 23.0. The standard InChI is InChI=1S/C14H26.C14H30.C2H6/c1-11-3-7-13(8-4-11)14-9-5-12(2)6-10-14;1-11(2)7-9-13(5)14(6)10-8-12(3)4;1-2/h11-14H,3-10H2,1-2H3;11-14H,7-10H2,1-6H3;1-2H3. The minimum absolute atomic E-state index is 0.870. The fraction of sp³-hybridized carbons (Fsp3) is 1.00. The Morgan fingerprint density at radius 3 is 0.967 bits per heavy atom. The van der Waals surface area contributed by atoms with Gasteiger partial charge >= 0.3 is 0 Å². The van der Waals surface area contributed by atoms with Crippen LogP contribution in [0.3, 0.4) is 0 Å². The average molecular weight is 423 g/mol. The molecule has 2 saturated carbocycles. The highest BCUT2D eigenvalue weighted by atomic mass is 14.3. The van der Waals surface area contributed by atoms with Crippen LogP contribution < -0.4 is 0 Å². The van der Waals surface area contributed by atoms with Gasteiger partial charge in [0.2, 0.25) is 0 Å². The van der Waals surface area contributed by atoms with E-state index in [1.807, 2.05) is 13.8 Å². The molecule has 0 N–H and O–H groups in total. The van der Waals surface area contributed by atoms with Gasteiger partial charge in [-0.05, 0) is 73.0 Å². The zero-order valence-electron chi connectivity index (χ0n) is 23.1. The normalized spacial score (nSPS) is 28.8. The smallest absolute Gasteiger partial charge is 0.0386 e.